The van der Waals surface area contributed by atoms with Crippen LogP contribution in [0.2, 0.25) is 10.2 Å². The van der Waals surface area contributed by atoms with Gasteiger partial charge in [-0.25, -0.2) is 4.98 Å². The van der Waals surface area contributed by atoms with Crippen molar-refractivity contribution in [2.75, 3.05) is 0 Å². The van der Waals surface area contributed by atoms with Gasteiger partial charge in [0.1, 0.15) is 17.5 Å². The summed E-state index contributed by atoms with van der Waals surface area (Å²) < 4.78 is 5.51. The highest BCUT2D eigenvalue weighted by Gasteiger charge is 2.06. The number of halogens is 2. The molecule has 6 heteroatoms. The lowest BCUT2D eigenvalue weighted by Crippen LogP contribution is -2.11. The van der Waals surface area contributed by atoms with Gasteiger partial charge in [0.15, 0.2) is 0 Å². The first-order valence-electron chi connectivity index (χ1n) is 5.39. The van der Waals surface area contributed by atoms with Crippen LogP contribution in [0.3, 0.4) is 0 Å². The number of carbonyl (C=O) groups excluding carboxylic acids is 1. The van der Waals surface area contributed by atoms with E-state index >= 15 is 0 Å². The molecule has 2 aromatic rings. The average molecular weight is 297 g/mol. The van der Waals surface area contributed by atoms with E-state index < -0.39 is 5.91 Å². The molecule has 1 aromatic heterocycles. The van der Waals surface area contributed by atoms with E-state index in [0.29, 0.717) is 21.5 Å². The van der Waals surface area contributed by atoms with E-state index in [0.717, 1.165) is 5.56 Å². The molecule has 0 saturated heterocycles. The second-order valence-electron chi connectivity index (χ2n) is 3.78. The van der Waals surface area contributed by atoms with E-state index in [9.17, 15) is 4.79 Å². The molecular weight excluding hydrogens is 287 g/mol. The van der Waals surface area contributed by atoms with Crippen molar-refractivity contribution in [2.45, 2.75) is 6.61 Å². The number of aromatic nitrogens is 1. The normalized spacial score (nSPS) is 10.2. The van der Waals surface area contributed by atoms with E-state index in [1.165, 1.54) is 12.3 Å². The van der Waals surface area contributed by atoms with Crippen molar-refractivity contribution in [3.05, 3.63) is 57.8 Å². The van der Waals surface area contributed by atoms with Gasteiger partial charge in [0.05, 0.1) is 6.20 Å². The third kappa shape index (κ3) is 3.59. The Labute approximate surface area is 120 Å². The summed E-state index contributed by atoms with van der Waals surface area (Å²) in [6.07, 6.45) is 1.52. The summed E-state index contributed by atoms with van der Waals surface area (Å²) in [5.41, 5.74) is 6.28. The van der Waals surface area contributed by atoms with Gasteiger partial charge in [0.25, 0.3) is 0 Å². The molecule has 0 aliphatic heterocycles. The first-order valence-corrected chi connectivity index (χ1v) is 6.14. The Hall–Kier alpha value is -1.78. The highest BCUT2D eigenvalue weighted by molar-refractivity contribution is 6.31. The number of primary amides is 1. The molecule has 1 aromatic carbocycles. The lowest BCUT2D eigenvalue weighted by atomic mass is 10.1. The van der Waals surface area contributed by atoms with Crippen molar-refractivity contribution in [1.82, 2.24) is 4.98 Å². The van der Waals surface area contributed by atoms with Crippen LogP contribution in [0.5, 0.6) is 5.75 Å². The van der Waals surface area contributed by atoms with Gasteiger partial charge in [0, 0.05) is 16.1 Å². The van der Waals surface area contributed by atoms with Crippen LogP contribution in [0.25, 0.3) is 0 Å². The van der Waals surface area contributed by atoms with Crippen LogP contribution in [-0.4, -0.2) is 10.9 Å². The maximum Gasteiger partial charge on any atom is 0.248 e. The maximum atomic E-state index is 11.0. The molecule has 0 aliphatic rings. The van der Waals surface area contributed by atoms with Crippen molar-refractivity contribution < 1.29 is 9.53 Å². The summed E-state index contributed by atoms with van der Waals surface area (Å²) in [4.78, 5) is 14.9. The van der Waals surface area contributed by atoms with Crippen molar-refractivity contribution in [3.8, 4) is 5.75 Å². The Balaban J connectivity index is 2.07. The van der Waals surface area contributed by atoms with Crippen LogP contribution < -0.4 is 10.5 Å². The molecule has 0 fully saturated rings. The highest BCUT2D eigenvalue weighted by Crippen LogP contribution is 2.20. The zero-order chi connectivity index (χ0) is 13.8. The minimum Gasteiger partial charge on any atom is -0.487 e. The smallest absolute Gasteiger partial charge is 0.248 e. The SMILES string of the molecule is NC(=O)c1ccc(COc2ccc(Cl)nc2)c(Cl)c1. The summed E-state index contributed by atoms with van der Waals surface area (Å²) in [5, 5.41) is 0.828. The third-order valence-corrected chi connectivity index (χ3v) is 3.01. The Bertz CT molecular complexity index is 600. The molecule has 0 atom stereocenters. The van der Waals surface area contributed by atoms with Crippen LogP contribution in [-0.2, 0) is 6.61 Å². The molecule has 19 heavy (non-hydrogen) atoms. The van der Waals surface area contributed by atoms with Gasteiger partial charge in [0.2, 0.25) is 5.91 Å². The fourth-order valence-electron chi connectivity index (χ4n) is 1.43. The topological polar surface area (TPSA) is 65.2 Å². The number of pyridine rings is 1. The zero-order valence-electron chi connectivity index (χ0n) is 9.77. The number of ether oxygens (including phenoxy) is 1. The molecule has 4 nitrogen and oxygen atoms in total. The predicted molar refractivity (Wildman–Crippen MR) is 73.5 cm³/mol. The number of hydrogen-bond acceptors (Lipinski definition) is 3. The van der Waals surface area contributed by atoms with E-state index in [2.05, 4.69) is 4.98 Å². The fourth-order valence-corrected chi connectivity index (χ4v) is 1.77. The van der Waals surface area contributed by atoms with Crippen LogP contribution >= 0.6 is 23.2 Å². The summed E-state index contributed by atoms with van der Waals surface area (Å²) in [6, 6.07) is 8.16. The van der Waals surface area contributed by atoms with Crippen LogP contribution in [0.1, 0.15) is 15.9 Å². The fraction of sp³-hybridized carbons (Fsp3) is 0.0769. The molecule has 1 amide bonds. The van der Waals surface area contributed by atoms with Gasteiger partial charge in [-0.05, 0) is 24.3 Å². The van der Waals surface area contributed by atoms with Crippen LogP contribution in [0, 0.1) is 0 Å². The molecule has 1 heterocycles. The van der Waals surface area contributed by atoms with Gasteiger partial charge in [-0.3, -0.25) is 4.79 Å². The average Bonchev–Trinajstić information content (AvgIpc) is 2.39. The summed E-state index contributed by atoms with van der Waals surface area (Å²) in [7, 11) is 0. The Kier molecular flexibility index (Phi) is 4.24. The van der Waals surface area contributed by atoms with Gasteiger partial charge in [-0.15, -0.1) is 0 Å². The highest BCUT2D eigenvalue weighted by atomic mass is 35.5. The summed E-state index contributed by atoms with van der Waals surface area (Å²) >= 11 is 11.7. The first-order chi connectivity index (χ1) is 9.06. The van der Waals surface area contributed by atoms with Crippen molar-refractivity contribution in [1.29, 1.82) is 0 Å². The van der Waals surface area contributed by atoms with Crippen molar-refractivity contribution in [2.24, 2.45) is 5.73 Å². The second kappa shape index (κ2) is 5.91. The summed E-state index contributed by atoms with van der Waals surface area (Å²) in [6.45, 7) is 0.265. The zero-order valence-corrected chi connectivity index (χ0v) is 11.3. The molecular formula is C13H10Cl2N2O2. The second-order valence-corrected chi connectivity index (χ2v) is 4.57. The molecule has 98 valence electrons. The molecule has 0 spiro atoms. The minimum atomic E-state index is -0.517. The van der Waals surface area contributed by atoms with E-state index in [-0.39, 0.29) is 6.61 Å². The van der Waals surface area contributed by atoms with E-state index in [4.69, 9.17) is 33.7 Å². The summed E-state index contributed by atoms with van der Waals surface area (Å²) in [5.74, 6) is 0.0655. The standard InChI is InChI=1S/C13H10Cl2N2O2/c14-11-5-8(13(16)18)1-2-9(11)7-19-10-3-4-12(15)17-6-10/h1-6H,7H2,(H2,16,18). The molecule has 0 aliphatic carbocycles. The van der Waals surface area contributed by atoms with Crippen LogP contribution in [0.15, 0.2) is 36.5 Å². The number of rotatable bonds is 4. The monoisotopic (exact) mass is 296 g/mol. The lowest BCUT2D eigenvalue weighted by molar-refractivity contribution is 0.1000. The number of nitrogens with two attached hydrogens (primary N) is 1. The molecule has 2 rings (SSSR count). The Morgan fingerprint density at radius 3 is 2.63 bits per heavy atom. The quantitative estimate of drug-likeness (QED) is 0.882. The van der Waals surface area contributed by atoms with E-state index in [1.54, 1.807) is 24.3 Å². The van der Waals surface area contributed by atoms with Crippen molar-refractivity contribution in [3.63, 3.8) is 0 Å². The van der Waals surface area contributed by atoms with E-state index in [1.807, 2.05) is 0 Å². The maximum absolute atomic E-state index is 11.0. The number of carbonyl (C=O) groups is 1. The Morgan fingerprint density at radius 2 is 2.05 bits per heavy atom. The Morgan fingerprint density at radius 1 is 1.26 bits per heavy atom. The minimum absolute atomic E-state index is 0.265. The number of amides is 1. The van der Waals surface area contributed by atoms with Crippen molar-refractivity contribution >= 4 is 29.1 Å². The molecule has 2 N–H and O–H groups in total. The molecule has 0 bridgehead atoms. The van der Waals surface area contributed by atoms with Gasteiger partial charge in [-0.2, -0.15) is 0 Å². The van der Waals surface area contributed by atoms with Gasteiger partial charge < -0.3 is 10.5 Å². The number of benzene rings is 1. The molecule has 0 saturated carbocycles. The lowest BCUT2D eigenvalue weighted by Gasteiger charge is -2.08. The van der Waals surface area contributed by atoms with Crippen LogP contribution in [0.4, 0.5) is 0 Å². The predicted octanol–water partition coefficient (Wildman–Crippen LogP) is 3.07. The number of nitrogens with zero attached hydrogens (tertiary/aromatic N) is 1. The number of hydrogen-bond donors (Lipinski definition) is 1. The molecule has 0 unspecified atom stereocenters. The third-order valence-electron chi connectivity index (χ3n) is 2.43. The van der Waals surface area contributed by atoms with Gasteiger partial charge in [-0.1, -0.05) is 29.3 Å². The van der Waals surface area contributed by atoms with Gasteiger partial charge >= 0.3 is 0 Å². The first kappa shape index (κ1) is 13.6. The largest absolute Gasteiger partial charge is 0.487 e. The molecule has 0 radical (unpaired) electrons.